The maximum atomic E-state index is 6.20. The van der Waals surface area contributed by atoms with Crippen LogP contribution in [0.15, 0.2) is 60.7 Å². The minimum Gasteiger partial charge on any atom is -0.493 e. The van der Waals surface area contributed by atoms with Crippen molar-refractivity contribution in [2.24, 2.45) is 0 Å². The molecule has 0 amide bonds. The lowest BCUT2D eigenvalue weighted by molar-refractivity contribution is 0.252. The van der Waals surface area contributed by atoms with Crippen molar-refractivity contribution in [2.75, 3.05) is 13.2 Å². The number of hydrogen-bond acceptors (Lipinski definition) is 2. The third-order valence-electron chi connectivity index (χ3n) is 5.33. The van der Waals surface area contributed by atoms with Gasteiger partial charge in [-0.1, -0.05) is 59.5 Å². The first-order valence-corrected chi connectivity index (χ1v) is 9.53. The summed E-state index contributed by atoms with van der Waals surface area (Å²) in [5, 5.41) is 4.87. The predicted octanol–water partition coefficient (Wildman–Crippen LogP) is 2.34. The molecule has 0 atom stereocenters. The third kappa shape index (κ3) is 2.76. The predicted molar refractivity (Wildman–Crippen MR) is 119 cm³/mol. The second-order valence-corrected chi connectivity index (χ2v) is 7.38. The summed E-state index contributed by atoms with van der Waals surface area (Å²) in [6.07, 6.45) is 0.872. The molecule has 0 spiro atoms. The van der Waals surface area contributed by atoms with Crippen molar-refractivity contribution < 1.29 is 9.47 Å². The van der Waals surface area contributed by atoms with Crippen LogP contribution in [0.1, 0.15) is 6.42 Å². The van der Waals surface area contributed by atoms with Crippen molar-refractivity contribution >= 4 is 48.2 Å². The SMILES string of the molecule is Bc1ccc2c3c(ccc2c1)OCCCOc1ccc2cc(B)ccc2c1-3. The fourth-order valence-corrected chi connectivity index (χ4v) is 4.04. The van der Waals surface area contributed by atoms with E-state index in [0.29, 0.717) is 13.2 Å². The van der Waals surface area contributed by atoms with Gasteiger partial charge >= 0.3 is 0 Å². The van der Waals surface area contributed by atoms with Gasteiger partial charge in [-0.25, -0.2) is 0 Å². The highest BCUT2D eigenvalue weighted by molar-refractivity contribution is 6.34. The highest BCUT2D eigenvalue weighted by atomic mass is 16.5. The van der Waals surface area contributed by atoms with Gasteiger partial charge in [-0.05, 0) is 33.7 Å². The van der Waals surface area contributed by atoms with Gasteiger partial charge in [-0.2, -0.15) is 0 Å². The molecule has 130 valence electrons. The van der Waals surface area contributed by atoms with Gasteiger partial charge in [0.05, 0.1) is 13.2 Å². The summed E-state index contributed by atoms with van der Waals surface area (Å²) < 4.78 is 12.4. The van der Waals surface area contributed by atoms with Crippen molar-refractivity contribution in [2.45, 2.75) is 6.42 Å². The summed E-state index contributed by atoms with van der Waals surface area (Å²) in [4.78, 5) is 0. The standard InChI is InChI=1S/C23H20B2O2/c24-16-4-6-18-14(12-16)2-8-20-22(18)23-19-7-5-17(25)13-15(19)3-9-21(23)27-11-1-10-26-20/h2-9,12-13H,1,10-11,24-25H2. The smallest absolute Gasteiger partial charge is 0.139 e. The van der Waals surface area contributed by atoms with Crippen LogP contribution in [0.4, 0.5) is 0 Å². The maximum absolute atomic E-state index is 6.20. The third-order valence-corrected chi connectivity index (χ3v) is 5.33. The van der Waals surface area contributed by atoms with Crippen molar-refractivity contribution in [3.63, 3.8) is 0 Å². The van der Waals surface area contributed by atoms with E-state index in [1.807, 2.05) is 0 Å². The summed E-state index contributed by atoms with van der Waals surface area (Å²) in [6, 6.07) is 21.8. The number of hydrogen-bond donors (Lipinski definition) is 0. The Labute approximate surface area is 160 Å². The first-order valence-electron chi connectivity index (χ1n) is 9.53. The molecule has 2 nitrogen and oxygen atoms in total. The Morgan fingerprint density at radius 1 is 0.593 bits per heavy atom. The number of ether oxygens (including phenoxy) is 2. The molecule has 0 saturated heterocycles. The van der Waals surface area contributed by atoms with E-state index in [9.17, 15) is 0 Å². The maximum Gasteiger partial charge on any atom is 0.139 e. The van der Waals surface area contributed by atoms with Gasteiger partial charge in [-0.3, -0.25) is 0 Å². The Kier molecular flexibility index (Phi) is 3.86. The van der Waals surface area contributed by atoms with Gasteiger partial charge in [0.25, 0.3) is 0 Å². The van der Waals surface area contributed by atoms with Gasteiger partial charge < -0.3 is 9.47 Å². The molecule has 27 heavy (non-hydrogen) atoms. The molecule has 0 radical (unpaired) electrons. The van der Waals surface area contributed by atoms with Gasteiger partial charge in [0.2, 0.25) is 0 Å². The van der Waals surface area contributed by atoms with Gasteiger partial charge in [-0.15, -0.1) is 0 Å². The number of rotatable bonds is 0. The summed E-state index contributed by atoms with van der Waals surface area (Å²) in [6.45, 7) is 1.32. The molecule has 0 aromatic heterocycles. The van der Waals surface area contributed by atoms with Crippen LogP contribution in [0.2, 0.25) is 0 Å². The van der Waals surface area contributed by atoms with Crippen molar-refractivity contribution in [1.82, 2.24) is 0 Å². The zero-order valence-corrected chi connectivity index (χ0v) is 15.7. The Morgan fingerprint density at radius 3 is 1.56 bits per heavy atom. The number of fused-ring (bicyclic) bond motifs is 7. The molecule has 0 saturated carbocycles. The van der Waals surface area contributed by atoms with Crippen LogP contribution in [0.5, 0.6) is 11.5 Å². The van der Waals surface area contributed by atoms with E-state index >= 15 is 0 Å². The molecular weight excluding hydrogens is 330 g/mol. The van der Waals surface area contributed by atoms with Gasteiger partial charge in [0.15, 0.2) is 0 Å². The average molecular weight is 350 g/mol. The molecule has 1 aliphatic rings. The molecule has 1 aliphatic heterocycles. The normalized spacial score (nSPS) is 13.6. The molecule has 0 fully saturated rings. The summed E-state index contributed by atoms with van der Waals surface area (Å²) in [7, 11) is 4.26. The van der Waals surface area contributed by atoms with Crippen molar-refractivity contribution in [1.29, 1.82) is 0 Å². The summed E-state index contributed by atoms with van der Waals surface area (Å²) in [5.41, 5.74) is 4.80. The first-order chi connectivity index (χ1) is 13.2. The highest BCUT2D eigenvalue weighted by Gasteiger charge is 2.20. The molecule has 5 rings (SSSR count). The lowest BCUT2D eigenvalue weighted by Gasteiger charge is -2.18. The number of benzene rings is 4. The fraction of sp³-hybridized carbons (Fsp3) is 0.130. The van der Waals surface area contributed by atoms with Crippen LogP contribution in [-0.2, 0) is 0 Å². The van der Waals surface area contributed by atoms with E-state index in [1.165, 1.54) is 32.5 Å². The lowest BCUT2D eigenvalue weighted by Crippen LogP contribution is -2.03. The van der Waals surface area contributed by atoms with Crippen LogP contribution in [0.3, 0.4) is 0 Å². The van der Waals surface area contributed by atoms with Gasteiger partial charge in [0.1, 0.15) is 27.2 Å². The van der Waals surface area contributed by atoms with E-state index in [0.717, 1.165) is 29.0 Å². The van der Waals surface area contributed by atoms with E-state index in [4.69, 9.17) is 9.47 Å². The van der Waals surface area contributed by atoms with Crippen molar-refractivity contribution in [3.8, 4) is 22.6 Å². The quantitative estimate of drug-likeness (QED) is 0.454. The topological polar surface area (TPSA) is 18.5 Å². The van der Waals surface area contributed by atoms with E-state index in [2.05, 4.69) is 76.4 Å². The fourth-order valence-electron chi connectivity index (χ4n) is 4.04. The Bertz CT molecular complexity index is 1090. The Morgan fingerprint density at radius 2 is 1.07 bits per heavy atom. The van der Waals surface area contributed by atoms with E-state index < -0.39 is 0 Å². The molecule has 0 unspecified atom stereocenters. The Hall–Kier alpha value is -2.87. The molecule has 1 heterocycles. The zero-order chi connectivity index (χ0) is 18.4. The summed E-state index contributed by atoms with van der Waals surface area (Å²) >= 11 is 0. The van der Waals surface area contributed by atoms with E-state index in [1.54, 1.807) is 0 Å². The lowest BCUT2D eigenvalue weighted by atomic mass is 9.87. The summed E-state index contributed by atoms with van der Waals surface area (Å²) in [5.74, 6) is 1.87. The second kappa shape index (κ2) is 6.38. The van der Waals surface area contributed by atoms with Crippen molar-refractivity contribution in [3.05, 3.63) is 60.7 Å². The largest absolute Gasteiger partial charge is 0.493 e. The molecule has 0 bridgehead atoms. The first kappa shape index (κ1) is 16.3. The molecule has 4 heteroatoms. The zero-order valence-electron chi connectivity index (χ0n) is 15.7. The molecule has 4 aromatic carbocycles. The van der Waals surface area contributed by atoms with Gasteiger partial charge in [0, 0.05) is 17.5 Å². The second-order valence-electron chi connectivity index (χ2n) is 7.38. The van der Waals surface area contributed by atoms with Crippen LogP contribution in [0, 0.1) is 0 Å². The molecule has 0 N–H and O–H groups in total. The Balaban J connectivity index is 1.94. The monoisotopic (exact) mass is 350 g/mol. The molecule has 0 aliphatic carbocycles. The average Bonchev–Trinajstić information content (AvgIpc) is 2.76. The van der Waals surface area contributed by atoms with E-state index in [-0.39, 0.29) is 0 Å². The minimum atomic E-state index is 0.662. The molecule has 4 aromatic rings. The molecular formula is C23H20B2O2. The minimum absolute atomic E-state index is 0.662. The highest BCUT2D eigenvalue weighted by Crippen LogP contribution is 2.45. The van der Waals surface area contributed by atoms with Crippen LogP contribution in [0.25, 0.3) is 32.7 Å². The van der Waals surface area contributed by atoms with Crippen LogP contribution < -0.4 is 20.4 Å². The van der Waals surface area contributed by atoms with Crippen LogP contribution >= 0.6 is 0 Å². The van der Waals surface area contributed by atoms with Crippen LogP contribution in [-0.4, -0.2) is 28.9 Å².